The van der Waals surface area contributed by atoms with E-state index in [1.807, 2.05) is 60.8 Å². The standard InChI is InChI=1S/C34H37ClN4O3.C19H27ClN2.C15H11FN2O3.C2H2O4/c1-34(2)12-10-25(30(20-34)23-4-6-26(35)7-5-23)22-38-14-16-39(17-15-38)27-8-9-29(33(40)41-3)31(19-27)42-28-18-24-11-13-36-32(24)37-21-28;1-19(2)8-7-16(14-22-11-9-21-10-12-22)18(13-19)15-3-5-17(20)6-4-15;1-20-15(19)12-3-2-10(16)7-13(12)21-11-6-9-4-5-17-14(9)18-8-11;3-1(4)2(5)6/h4-9,11,13,18-19,21H,10,12,14-17,20,22H2,1-3H3,(H,36,37);3-6,21H,7-14H2,1-2H3;2-8H,1H3,(H,17,18);(H,3,4)(H,5,6). The fraction of sp³-hybridized carbons (Fsp3) is 0.343. The second-order valence-corrected chi connectivity index (χ2v) is 25.3. The van der Waals surface area contributed by atoms with Crippen LogP contribution in [0, 0.1) is 16.6 Å². The molecule has 0 spiro atoms. The van der Waals surface area contributed by atoms with Crippen LogP contribution in [0.15, 0.2) is 145 Å². The first-order valence-corrected chi connectivity index (χ1v) is 31.0. The Morgan fingerprint density at radius 2 is 1.01 bits per heavy atom. The number of nitrogens with zero attached hydrogens (tertiary/aromatic N) is 5. The minimum absolute atomic E-state index is 0.0820. The van der Waals surface area contributed by atoms with E-state index in [-0.39, 0.29) is 11.3 Å². The molecule has 4 aliphatic rings. The van der Waals surface area contributed by atoms with E-state index in [9.17, 15) is 14.0 Å². The fourth-order valence-corrected chi connectivity index (χ4v) is 11.9. The zero-order chi connectivity index (χ0) is 64.8. The monoisotopic (exact) mass is 1280 g/mol. The number of aromatic amines is 2. The second kappa shape index (κ2) is 30.5. The van der Waals surface area contributed by atoms with E-state index in [0.29, 0.717) is 33.6 Å². The van der Waals surface area contributed by atoms with E-state index in [4.69, 9.17) is 57.2 Å². The molecule has 5 N–H and O–H groups in total. The summed E-state index contributed by atoms with van der Waals surface area (Å²) in [5.74, 6) is -3.68. The Morgan fingerprint density at radius 1 is 0.571 bits per heavy atom. The molecule has 6 heterocycles. The molecule has 0 amide bonds. The third kappa shape index (κ3) is 18.3. The summed E-state index contributed by atoms with van der Waals surface area (Å²) < 4.78 is 34.8. The number of halogens is 3. The summed E-state index contributed by atoms with van der Waals surface area (Å²) in [6.07, 6.45) is 13.9. The van der Waals surface area contributed by atoms with Gasteiger partial charge in [0, 0.05) is 116 Å². The molecule has 8 aromatic rings. The Hall–Kier alpha value is -8.59. The van der Waals surface area contributed by atoms with Gasteiger partial charge in [-0.05, 0) is 144 Å². The van der Waals surface area contributed by atoms with Gasteiger partial charge in [0.05, 0.1) is 26.6 Å². The summed E-state index contributed by atoms with van der Waals surface area (Å²) in [4.78, 5) is 64.6. The number of carboxylic acids is 2. The van der Waals surface area contributed by atoms with E-state index in [1.54, 1.807) is 41.2 Å². The highest BCUT2D eigenvalue weighted by Gasteiger charge is 2.31. The van der Waals surface area contributed by atoms with Crippen LogP contribution in [0.5, 0.6) is 23.0 Å². The van der Waals surface area contributed by atoms with Gasteiger partial charge >= 0.3 is 23.9 Å². The number of carboxylic acid groups (broad SMARTS) is 2. The number of esters is 2. The maximum absolute atomic E-state index is 13.4. The molecule has 12 rings (SSSR count). The van der Waals surface area contributed by atoms with Crippen LogP contribution in [0.2, 0.25) is 10.0 Å². The van der Waals surface area contributed by atoms with Crippen LogP contribution in [-0.4, -0.2) is 143 Å². The highest BCUT2D eigenvalue weighted by molar-refractivity contribution is 6.31. The maximum atomic E-state index is 13.4. The first-order valence-electron chi connectivity index (χ1n) is 30.3. The zero-order valence-electron chi connectivity index (χ0n) is 52.0. The van der Waals surface area contributed by atoms with Crippen molar-refractivity contribution in [3.63, 3.8) is 0 Å². The van der Waals surface area contributed by atoms with E-state index < -0.39 is 29.7 Å². The molecule has 91 heavy (non-hydrogen) atoms. The van der Waals surface area contributed by atoms with Crippen LogP contribution < -0.4 is 19.7 Å². The lowest BCUT2D eigenvalue weighted by molar-refractivity contribution is -0.159. The molecule has 478 valence electrons. The minimum Gasteiger partial charge on any atom is -0.473 e. The number of hydrogen-bond acceptors (Lipinski definition) is 14. The number of anilines is 1. The van der Waals surface area contributed by atoms with Crippen LogP contribution in [0.3, 0.4) is 0 Å². The summed E-state index contributed by atoms with van der Waals surface area (Å²) in [5.41, 5.74) is 12.7. The molecule has 2 aliphatic heterocycles. The van der Waals surface area contributed by atoms with Gasteiger partial charge in [0.25, 0.3) is 0 Å². The largest absolute Gasteiger partial charge is 0.473 e. The molecule has 0 radical (unpaired) electrons. The van der Waals surface area contributed by atoms with Crippen molar-refractivity contribution < 1.29 is 52.7 Å². The predicted octanol–water partition coefficient (Wildman–Crippen LogP) is 14.2. The average molecular weight is 1280 g/mol. The van der Waals surface area contributed by atoms with Crippen LogP contribution in [-0.2, 0) is 19.1 Å². The average Bonchev–Trinajstić information content (AvgIpc) is 1.62. The van der Waals surface area contributed by atoms with Gasteiger partial charge in [-0.15, -0.1) is 0 Å². The Labute approximate surface area is 539 Å². The topological polar surface area (TPSA) is 225 Å². The van der Waals surface area contributed by atoms with Crippen molar-refractivity contribution in [2.45, 2.75) is 66.2 Å². The quantitative estimate of drug-likeness (QED) is 0.0534. The molecular formula is C70H77Cl2FN8O10. The third-order valence-corrected chi connectivity index (χ3v) is 17.1. The number of nitrogens with one attached hydrogen (secondary N) is 3. The lowest BCUT2D eigenvalue weighted by Crippen LogP contribution is -2.47. The van der Waals surface area contributed by atoms with Crippen molar-refractivity contribution in [2.75, 3.05) is 84.6 Å². The third-order valence-electron chi connectivity index (χ3n) is 16.6. The smallest absolute Gasteiger partial charge is 0.414 e. The number of carbonyl (C=O) groups is 4. The number of methoxy groups -OCH3 is 2. The summed E-state index contributed by atoms with van der Waals surface area (Å²) in [6.45, 7) is 19.9. The van der Waals surface area contributed by atoms with Gasteiger partial charge < -0.3 is 49.3 Å². The van der Waals surface area contributed by atoms with Gasteiger partial charge in [-0.3, -0.25) is 9.80 Å². The number of ether oxygens (including phenoxy) is 4. The number of benzene rings is 4. The Balaban J connectivity index is 0.000000168. The first-order chi connectivity index (χ1) is 43.6. The lowest BCUT2D eigenvalue weighted by atomic mass is 9.72. The van der Waals surface area contributed by atoms with Gasteiger partial charge in [0.15, 0.2) is 0 Å². The summed E-state index contributed by atoms with van der Waals surface area (Å²) in [7, 11) is 2.64. The van der Waals surface area contributed by atoms with Crippen molar-refractivity contribution in [3.8, 4) is 23.0 Å². The molecular weight excluding hydrogens is 1200 g/mol. The number of aliphatic carboxylic acids is 2. The molecule has 4 aromatic carbocycles. The Kier molecular flexibility index (Phi) is 22.4. The number of rotatable bonds is 13. The van der Waals surface area contributed by atoms with Crippen molar-refractivity contribution in [3.05, 3.63) is 183 Å². The molecule has 21 heteroatoms. The molecule has 0 atom stereocenters. The molecule has 0 unspecified atom stereocenters. The van der Waals surface area contributed by atoms with Crippen LogP contribution in [0.1, 0.15) is 98.1 Å². The maximum Gasteiger partial charge on any atom is 0.414 e. The number of H-pyrrole nitrogens is 2. The summed E-state index contributed by atoms with van der Waals surface area (Å²) >= 11 is 12.3. The Morgan fingerprint density at radius 3 is 1.46 bits per heavy atom. The van der Waals surface area contributed by atoms with Gasteiger partial charge in [-0.1, -0.05) is 86.3 Å². The number of piperazine rings is 2. The molecule has 4 aromatic heterocycles. The number of aromatic nitrogens is 4. The van der Waals surface area contributed by atoms with E-state index in [1.165, 1.54) is 88.0 Å². The van der Waals surface area contributed by atoms with Gasteiger partial charge in [-0.2, -0.15) is 0 Å². The summed E-state index contributed by atoms with van der Waals surface area (Å²) in [5, 5.41) is 21.6. The molecule has 0 saturated carbocycles. The number of carbonyl (C=O) groups excluding carboxylic acids is 2. The number of allylic oxidation sites excluding steroid dienone is 2. The molecule has 18 nitrogen and oxygen atoms in total. The van der Waals surface area contributed by atoms with Crippen LogP contribution in [0.4, 0.5) is 10.1 Å². The number of pyridine rings is 2. The summed E-state index contributed by atoms with van der Waals surface area (Å²) in [6, 6.07) is 33.5. The number of fused-ring (bicyclic) bond motifs is 2. The van der Waals surface area contributed by atoms with Crippen molar-refractivity contribution >= 4 is 86.0 Å². The lowest BCUT2D eigenvalue weighted by Gasteiger charge is -2.39. The highest BCUT2D eigenvalue weighted by atomic mass is 35.5. The Bertz CT molecular complexity index is 3910. The van der Waals surface area contributed by atoms with E-state index in [2.05, 4.69) is 96.6 Å². The van der Waals surface area contributed by atoms with E-state index in [0.717, 1.165) is 109 Å². The van der Waals surface area contributed by atoms with Gasteiger partial charge in [-0.25, -0.2) is 33.5 Å². The molecule has 0 bridgehead atoms. The minimum atomic E-state index is -1.82. The molecule has 2 saturated heterocycles. The number of hydrogen-bond donors (Lipinski definition) is 5. The van der Waals surface area contributed by atoms with Crippen LogP contribution >= 0.6 is 23.2 Å². The van der Waals surface area contributed by atoms with Gasteiger partial charge in [0.2, 0.25) is 0 Å². The van der Waals surface area contributed by atoms with Crippen molar-refractivity contribution in [1.29, 1.82) is 0 Å². The zero-order valence-corrected chi connectivity index (χ0v) is 53.6. The van der Waals surface area contributed by atoms with Gasteiger partial charge in [0.1, 0.15) is 51.2 Å². The fourth-order valence-electron chi connectivity index (χ4n) is 11.6. The first kappa shape index (κ1) is 66.8. The second-order valence-electron chi connectivity index (χ2n) is 24.4. The SMILES string of the molecule is CC1(C)CCC(CN2CCNCC2)=C(c2ccc(Cl)cc2)C1.COC(=O)c1ccc(F)cc1Oc1cnc2[nH]ccc2c1.COC(=O)c1ccc(N2CCN(CC3=C(c4ccc(Cl)cc4)CC(C)(C)CC3)CC2)cc1Oc1cnc2[nH]ccc2c1.O=C(O)C(=O)O. The predicted molar refractivity (Wildman–Crippen MR) is 353 cm³/mol. The molecule has 2 aliphatic carbocycles. The highest BCUT2D eigenvalue weighted by Crippen LogP contribution is 2.45. The normalized spacial score (nSPS) is 16.5. The molecule has 2 fully saturated rings. The van der Waals surface area contributed by atoms with Crippen molar-refractivity contribution in [1.82, 2.24) is 35.1 Å². The van der Waals surface area contributed by atoms with Crippen molar-refractivity contribution in [2.24, 2.45) is 10.8 Å². The van der Waals surface area contributed by atoms with Crippen LogP contribution in [0.25, 0.3) is 33.2 Å². The van der Waals surface area contributed by atoms with E-state index >= 15 is 0 Å².